The van der Waals surface area contributed by atoms with Crippen LogP contribution in [0.15, 0.2) is 124 Å². The molecule has 6 aromatic rings. The number of aliphatic hydroxyl groups excluding tert-OH is 2. The van der Waals surface area contributed by atoms with Gasteiger partial charge in [0.25, 0.3) is 21.8 Å². The average Bonchev–Trinajstić information content (AvgIpc) is 0.736. The number of benzene rings is 6. The minimum Gasteiger partial charge on any atom is -1.00 e. The Morgan fingerprint density at radius 1 is 0.527 bits per heavy atom. The summed E-state index contributed by atoms with van der Waals surface area (Å²) in [7, 11) is 18.2. The second-order valence-corrected chi connectivity index (χ2v) is 49.6. The molecule has 0 aromatic heterocycles. The largest absolute Gasteiger partial charge is 1.00 e. The van der Waals surface area contributed by atoms with Crippen LogP contribution in [0.4, 0.5) is 9.18 Å². The minimum absolute atomic E-state index is 0. The van der Waals surface area contributed by atoms with Gasteiger partial charge in [-0.05, 0) is 338 Å². The van der Waals surface area contributed by atoms with Crippen LogP contribution in [-0.4, -0.2) is 237 Å². The van der Waals surface area contributed by atoms with E-state index in [0.717, 1.165) is 126 Å². The van der Waals surface area contributed by atoms with Gasteiger partial charge in [-0.3, -0.25) is 13.4 Å². The van der Waals surface area contributed by atoms with Gasteiger partial charge in [0.1, 0.15) is 51.7 Å². The van der Waals surface area contributed by atoms with Crippen molar-refractivity contribution in [2.24, 2.45) is 68.0 Å². The molecule has 12 atom stereocenters. The van der Waals surface area contributed by atoms with Crippen LogP contribution in [0, 0.1) is 121 Å². The molecular formula is C109H176Cl2Cs2FKN4O24S7. The monoisotopic (exact) mass is 2540 g/mol. The third kappa shape index (κ3) is 58.5. The van der Waals surface area contributed by atoms with Gasteiger partial charge in [-0.25, -0.2) is 13.2 Å². The number of ether oxygens (including phenoxy) is 8. The van der Waals surface area contributed by atoms with Gasteiger partial charge in [0.2, 0.25) is 9.05 Å². The number of phenolic OH excluding ortho intramolecular Hbond substituents is 1. The Morgan fingerprint density at radius 3 is 1.09 bits per heavy atom. The molecule has 12 rings (SSSR count). The Morgan fingerprint density at radius 2 is 0.800 bits per heavy atom. The van der Waals surface area contributed by atoms with E-state index in [1.807, 2.05) is 141 Å². The van der Waals surface area contributed by atoms with Crippen LogP contribution in [0.5, 0.6) is 51.7 Å². The average molecular weight is 2550 g/mol. The Bertz CT molecular complexity index is 4990. The number of fused-ring (bicyclic) bond motifs is 3. The molecule has 842 valence electrons. The molecule has 0 saturated heterocycles. The molecule has 3 unspecified atom stereocenters. The van der Waals surface area contributed by atoms with Crippen molar-refractivity contribution in [1.29, 1.82) is 5.26 Å². The molecule has 0 spiro atoms. The molecule has 6 aromatic carbocycles. The summed E-state index contributed by atoms with van der Waals surface area (Å²) in [6.07, 6.45) is 18.3. The zero-order valence-electron chi connectivity index (χ0n) is 98.3. The third-order valence-corrected chi connectivity index (χ3v) is 30.8. The second kappa shape index (κ2) is 76.5. The Balaban J connectivity index is -0.000000310. The van der Waals surface area contributed by atoms with Crippen LogP contribution in [0.1, 0.15) is 222 Å². The van der Waals surface area contributed by atoms with E-state index in [4.69, 9.17) is 92.8 Å². The van der Waals surface area contributed by atoms with Crippen LogP contribution in [0.3, 0.4) is 0 Å². The molecule has 6 aliphatic rings. The van der Waals surface area contributed by atoms with Crippen molar-refractivity contribution >= 4 is 125 Å². The summed E-state index contributed by atoms with van der Waals surface area (Å²) in [5.74, 6) is 9.28. The van der Waals surface area contributed by atoms with Crippen LogP contribution in [0.2, 0.25) is 0 Å². The topological polar surface area (TPSA) is 403 Å². The number of thioether (sulfide) groups is 1. The van der Waals surface area contributed by atoms with Crippen LogP contribution < -0.4 is 232 Å². The fourth-order valence-electron chi connectivity index (χ4n) is 21.0. The second-order valence-electron chi connectivity index (χ2n) is 41.5. The van der Waals surface area contributed by atoms with E-state index in [1.54, 1.807) is 111 Å². The number of nitriles is 1. The summed E-state index contributed by atoms with van der Waals surface area (Å²) in [5.41, 5.74) is 5.77. The molecule has 0 bridgehead atoms. The molecule has 6 fully saturated rings. The van der Waals surface area contributed by atoms with Crippen molar-refractivity contribution in [2.45, 2.75) is 259 Å². The van der Waals surface area contributed by atoms with E-state index in [2.05, 4.69) is 147 Å². The predicted molar refractivity (Wildman–Crippen MR) is 605 cm³/mol. The van der Waals surface area contributed by atoms with Crippen LogP contribution >= 0.6 is 83.7 Å². The first-order valence-corrected chi connectivity index (χ1v) is 55.6. The summed E-state index contributed by atoms with van der Waals surface area (Å²) in [5, 5.41) is 74.7. The maximum Gasteiger partial charge on any atom is 1.00 e. The number of rotatable bonds is 16. The molecule has 0 aliphatic heterocycles. The first-order valence-electron chi connectivity index (χ1n) is 48.7. The maximum atomic E-state index is 11.4. The summed E-state index contributed by atoms with van der Waals surface area (Å²) in [6, 6.07) is 36.0. The summed E-state index contributed by atoms with van der Waals surface area (Å²) in [4.78, 5) is 30.4. The number of nitrogens with zero attached hydrogens (tertiary/aromatic N) is 4. The fourth-order valence-corrected chi connectivity index (χ4v) is 23.7. The van der Waals surface area contributed by atoms with Gasteiger partial charge in [-0.1, -0.05) is 93.2 Å². The van der Waals surface area contributed by atoms with Gasteiger partial charge in [0.15, 0.2) is 4.45 Å². The smallest absolute Gasteiger partial charge is 1.00 e. The van der Waals surface area contributed by atoms with Gasteiger partial charge in [0, 0.05) is 130 Å². The van der Waals surface area contributed by atoms with E-state index in [1.165, 1.54) is 71.9 Å². The number of carbonyl (C=O) groups excluding carboxylic acids is 2. The quantitative estimate of drug-likeness (QED) is 0.00426. The van der Waals surface area contributed by atoms with E-state index in [0.29, 0.717) is 73.5 Å². The van der Waals surface area contributed by atoms with Gasteiger partial charge < -0.3 is 100 Å². The number of hydrogen-bond donors (Lipinski definition) is 8. The van der Waals surface area contributed by atoms with Crippen molar-refractivity contribution in [1.82, 2.24) is 14.7 Å². The molecule has 150 heavy (non-hydrogen) atoms. The standard InChI is InChI=1S/C23H36O2S.C16H30O4S.C15H28O2.C11H15NO3.C11H15NO2S.C8H10O2.2C8H10OS.C3H6ClNS.C2H3N.CH3ClO2S.CH3F.CH2O3.CH4O.2Cs.K.H2O.H/c1-16-12-17(25-6)14-18(13-16)26-15-20-22(4)10-7-9-21(2,3)19(22)8-11-23(20,5)24;1-14(2)8-6-9-15(3)12(14)7-10-16(4,17)13(15)11-20-21(5,18)19;1-13(2)7-5-8-14(3)11(13)6-9-15(4,17)12(14)10-16;1-8-5-9(14-4)7-10(6-8)15-11(13)12(2)3;1-8-5-9(13-4)7-10(6-8)14-11(15)12(2)3;1-6-3-7(9)5-8(4-6)10-2;2*1-6-3-7(9-2)5-8(10)4-6;1-5(2)3(4)6;1-2-3;1-5(2,3)4;1-2;2-1-4-3;1-2;;;;;/h12-14,19-20,24H,7-11,15H2,1-6H3;12-13,17H,6-11H2,1-5H3;11-12,16-17H,5-10H2,1-4H3;2*5-7H,1-4H3;3-5,9H,1-2H3;2*3-5,10H,1-2H3;1-2H3;1H3;1H3;1H3;1,3H;2H,1H3;;;;1H2;/q;;;;;;;;;;;;;;3*+1;;-1/p-2/t19?,20-,22+,23-;12?,13-,15+,16-;11?,12-,14+,15-;;;;;;;;;;;;;;;;/m111................/s1/i;;;;;;;;;;;1D;;;;;;;. The number of phenols is 1. The predicted octanol–water partition coefficient (Wildman–Crippen LogP) is 14.0. The number of aryl methyl sites for hydroxylation is 6. The number of hydrogen-bond acceptors (Lipinski definition) is 30. The molecule has 28 nitrogen and oxygen atoms in total. The van der Waals surface area contributed by atoms with E-state index >= 15 is 0 Å². The summed E-state index contributed by atoms with van der Waals surface area (Å²) >= 11 is 25.1. The van der Waals surface area contributed by atoms with Gasteiger partial charge >= 0.3 is 195 Å². The molecule has 6 aliphatic carbocycles. The van der Waals surface area contributed by atoms with Gasteiger partial charge in [0.05, 0.1) is 93.2 Å². The molecule has 1 amide bonds. The zero-order valence-corrected chi connectivity index (χ0v) is 119. The molecular weight excluding hydrogens is 2370 g/mol. The van der Waals surface area contributed by atoms with Gasteiger partial charge in [-0.15, -0.1) is 37.0 Å². The number of aromatic hydroxyl groups is 1. The number of aliphatic hydroxyl groups is 5. The Hall–Kier alpha value is -1.39. The number of carbonyl (C=O) groups is 2. The van der Waals surface area contributed by atoms with Crippen molar-refractivity contribution in [3.63, 3.8) is 0 Å². The van der Waals surface area contributed by atoms with E-state index in [-0.39, 0.29) is 255 Å². The fraction of sp³-hybridized carbons (Fsp3) is 0.624. The maximum absolute atomic E-state index is 11.4. The molecule has 7 N–H and O–H groups in total. The SMILES string of the molecule is CC#N.CC1(C)CCC[C@@]2(C)C1CC[C@@](C)(O)[C@@H]2CO.CC1(C)CCC[C@@]2(C)C1CC[C@@](C)(O)[C@@H]2COS(C)(=O)=O.CN(C)C(=S)Cl.CO.COc1cc(C)cc(O)c1.COc1cc(C)cc(OC(=O)N(C)C)c1.COc1cc(C)cc(OC(=S)N(C)C)c1.COc1cc(C)cc(S)c1.COc1cc(C)cc(S)c1.COc1cc(C)cc(SC[C@@H]2[C@@]3(C)CCCC(C)(C)C3CC[C@@]2(C)O)c1.CS(=O)(=O)Cl.O=CO[O-].[2H]CF.[Cs+].[Cs+].[H-].[K+].[OH-]. The van der Waals surface area contributed by atoms with Crippen molar-refractivity contribution < 1.29 is 311 Å². The molecule has 6 saturated carbocycles. The minimum atomic E-state index is -3.48. The summed E-state index contributed by atoms with van der Waals surface area (Å²) < 4.78 is 104. The molecule has 41 heteroatoms. The van der Waals surface area contributed by atoms with E-state index < -0.39 is 49.2 Å². The summed E-state index contributed by atoms with van der Waals surface area (Å²) in [6.45, 7) is 40.5. The van der Waals surface area contributed by atoms with Crippen molar-refractivity contribution in [3.8, 4) is 57.8 Å². The van der Waals surface area contributed by atoms with Crippen molar-refractivity contribution in [2.75, 3.05) is 131 Å². The van der Waals surface area contributed by atoms with Crippen LogP contribution in [-0.2, 0) is 33.0 Å². The first kappa shape index (κ1) is 157. The van der Waals surface area contributed by atoms with Crippen molar-refractivity contribution in [3.05, 3.63) is 143 Å². The number of halogens is 3. The van der Waals surface area contributed by atoms with Crippen LogP contribution in [0.25, 0.3) is 0 Å². The van der Waals surface area contributed by atoms with E-state index in [9.17, 15) is 46.4 Å². The first-order chi connectivity index (χ1) is 67.8. The zero-order chi connectivity index (χ0) is 114. The molecule has 0 heterocycles. The Kier molecular flexibility index (Phi) is 80.1. The Labute approximate surface area is 1100 Å². The third-order valence-electron chi connectivity index (χ3n) is 27.5. The number of methoxy groups -OCH3 is 6. The molecule has 0 radical (unpaired) electrons. The normalized spacial score (nSPS) is 22.9. The number of amides is 1. The number of alkyl halides is 1. The number of thiocarbonyl (C=S) groups is 2. The number of thiol groups is 2. The van der Waals surface area contributed by atoms with Gasteiger partial charge in [-0.2, -0.15) is 13.7 Å².